The minimum atomic E-state index is -0.481. The Hall–Kier alpha value is -1.94. The molecular formula is C24H32N4O2. The number of piperidine rings is 2. The van der Waals surface area contributed by atoms with Gasteiger partial charge in [0.15, 0.2) is 0 Å². The van der Waals surface area contributed by atoms with Crippen molar-refractivity contribution < 1.29 is 9.53 Å². The molecular weight excluding hydrogens is 376 g/mol. The van der Waals surface area contributed by atoms with Crippen LogP contribution in [-0.4, -0.2) is 52.1 Å². The zero-order valence-corrected chi connectivity index (χ0v) is 17.7. The molecule has 1 aromatic rings. The van der Waals surface area contributed by atoms with Gasteiger partial charge in [0.25, 0.3) is 0 Å². The van der Waals surface area contributed by atoms with Gasteiger partial charge in [0.05, 0.1) is 18.7 Å². The van der Waals surface area contributed by atoms with Crippen molar-refractivity contribution in [3.05, 3.63) is 35.9 Å². The standard InChI is InChI=1S/C24H32N4O2/c1-15(30-14-16-5-3-2-4-6-16)27-19-7-8-20(27)11-18(10-19)23(26)24(29)28-21(13-25)9-17-12-22(17)28/h2-6,15,17-23H,7-12,14,26H2,1H3/t15-,17+,19-,20-,21-,22-,23-/m0/s1. The Morgan fingerprint density at radius 1 is 1.20 bits per heavy atom. The van der Waals surface area contributed by atoms with E-state index in [2.05, 4.69) is 30.0 Å². The maximum absolute atomic E-state index is 13.2. The predicted octanol–water partition coefficient (Wildman–Crippen LogP) is 2.63. The van der Waals surface area contributed by atoms with E-state index < -0.39 is 6.04 Å². The number of nitrogens with zero attached hydrogens (tertiary/aromatic N) is 3. The van der Waals surface area contributed by atoms with Crippen molar-refractivity contribution in [1.82, 2.24) is 9.80 Å². The van der Waals surface area contributed by atoms with Crippen LogP contribution in [0.15, 0.2) is 30.3 Å². The molecule has 0 radical (unpaired) electrons. The van der Waals surface area contributed by atoms with Gasteiger partial charge >= 0.3 is 0 Å². The van der Waals surface area contributed by atoms with Crippen molar-refractivity contribution in [1.29, 1.82) is 5.26 Å². The van der Waals surface area contributed by atoms with Crippen LogP contribution in [0.5, 0.6) is 0 Å². The number of likely N-dealkylation sites (tertiary alicyclic amines) is 1. The normalized spacial score (nSPS) is 36.8. The summed E-state index contributed by atoms with van der Waals surface area (Å²) in [5.74, 6) is 0.744. The Kier molecular flexibility index (Phi) is 5.30. The number of nitrogens with two attached hydrogens (primary N) is 1. The highest BCUT2D eigenvalue weighted by atomic mass is 16.5. The van der Waals surface area contributed by atoms with E-state index in [0.29, 0.717) is 24.6 Å². The summed E-state index contributed by atoms with van der Waals surface area (Å²) in [6, 6.07) is 13.0. The number of rotatable bonds is 6. The van der Waals surface area contributed by atoms with Gasteiger partial charge in [0, 0.05) is 18.1 Å². The summed E-state index contributed by atoms with van der Waals surface area (Å²) in [6.45, 7) is 2.76. The second kappa shape index (κ2) is 7.96. The highest BCUT2D eigenvalue weighted by molar-refractivity contribution is 5.84. The van der Waals surface area contributed by atoms with Crippen molar-refractivity contribution in [2.75, 3.05) is 0 Å². The number of fused-ring (bicyclic) bond motifs is 3. The Morgan fingerprint density at radius 3 is 2.57 bits per heavy atom. The summed E-state index contributed by atoms with van der Waals surface area (Å²) in [6.07, 6.45) is 6.14. The Labute approximate surface area is 179 Å². The molecule has 3 heterocycles. The molecule has 160 valence electrons. The number of hydrogen-bond donors (Lipinski definition) is 1. The van der Waals surface area contributed by atoms with Crippen molar-refractivity contribution in [2.24, 2.45) is 17.6 Å². The molecule has 2 bridgehead atoms. The molecule has 0 spiro atoms. The number of hydrogen-bond acceptors (Lipinski definition) is 5. The van der Waals surface area contributed by atoms with E-state index in [-0.39, 0.29) is 30.1 Å². The molecule has 1 saturated carbocycles. The van der Waals surface area contributed by atoms with Crippen molar-refractivity contribution in [2.45, 2.75) is 88.5 Å². The lowest BCUT2D eigenvalue weighted by Gasteiger charge is -2.44. The van der Waals surface area contributed by atoms with Crippen LogP contribution in [0.4, 0.5) is 0 Å². The maximum atomic E-state index is 13.2. The second-order valence-electron chi connectivity index (χ2n) is 9.67. The van der Waals surface area contributed by atoms with Crippen LogP contribution in [0.3, 0.4) is 0 Å². The molecule has 4 fully saturated rings. The summed E-state index contributed by atoms with van der Waals surface area (Å²) < 4.78 is 6.20. The quantitative estimate of drug-likeness (QED) is 0.782. The Balaban J connectivity index is 1.20. The number of nitriles is 1. The molecule has 7 atom stereocenters. The van der Waals surface area contributed by atoms with Gasteiger partial charge < -0.3 is 15.4 Å². The lowest BCUT2D eigenvalue weighted by Crippen LogP contribution is -2.56. The first-order chi connectivity index (χ1) is 14.6. The smallest absolute Gasteiger partial charge is 0.241 e. The highest BCUT2D eigenvalue weighted by Crippen LogP contribution is 2.48. The number of benzene rings is 1. The average Bonchev–Trinajstić information content (AvgIpc) is 3.36. The van der Waals surface area contributed by atoms with E-state index in [1.165, 1.54) is 5.56 Å². The van der Waals surface area contributed by atoms with Crippen LogP contribution in [-0.2, 0) is 16.1 Å². The van der Waals surface area contributed by atoms with Crippen molar-refractivity contribution in [3.63, 3.8) is 0 Å². The Morgan fingerprint density at radius 2 is 1.90 bits per heavy atom. The van der Waals surface area contributed by atoms with Gasteiger partial charge in [0.1, 0.15) is 12.3 Å². The third-order valence-electron chi connectivity index (χ3n) is 7.88. The fraction of sp³-hybridized carbons (Fsp3) is 0.667. The largest absolute Gasteiger partial charge is 0.359 e. The molecule has 2 N–H and O–H groups in total. The highest BCUT2D eigenvalue weighted by Gasteiger charge is 2.56. The van der Waals surface area contributed by atoms with E-state index in [9.17, 15) is 10.1 Å². The summed E-state index contributed by atoms with van der Waals surface area (Å²) in [7, 11) is 0. The van der Waals surface area contributed by atoms with Gasteiger partial charge in [0.2, 0.25) is 5.91 Å². The van der Waals surface area contributed by atoms with E-state index in [0.717, 1.165) is 38.5 Å². The molecule has 0 unspecified atom stereocenters. The first-order valence-corrected chi connectivity index (χ1v) is 11.5. The van der Waals surface area contributed by atoms with E-state index >= 15 is 0 Å². The van der Waals surface area contributed by atoms with E-state index in [1.54, 1.807) is 0 Å². The summed E-state index contributed by atoms with van der Waals surface area (Å²) in [5.41, 5.74) is 7.72. The van der Waals surface area contributed by atoms with Crippen LogP contribution < -0.4 is 5.73 Å². The van der Waals surface area contributed by atoms with Crippen LogP contribution >= 0.6 is 0 Å². The van der Waals surface area contributed by atoms with Gasteiger partial charge in [-0.15, -0.1) is 0 Å². The number of carbonyl (C=O) groups excluding carboxylic acids is 1. The van der Waals surface area contributed by atoms with Gasteiger partial charge in [-0.1, -0.05) is 30.3 Å². The summed E-state index contributed by atoms with van der Waals surface area (Å²) in [4.78, 5) is 17.5. The van der Waals surface area contributed by atoms with E-state index in [4.69, 9.17) is 10.5 Å². The summed E-state index contributed by atoms with van der Waals surface area (Å²) >= 11 is 0. The molecule has 1 aliphatic carbocycles. The summed E-state index contributed by atoms with van der Waals surface area (Å²) in [5, 5.41) is 9.43. The Bertz CT molecular complexity index is 810. The molecule has 6 nitrogen and oxygen atoms in total. The maximum Gasteiger partial charge on any atom is 0.241 e. The van der Waals surface area contributed by atoms with Crippen LogP contribution in [0, 0.1) is 23.2 Å². The van der Waals surface area contributed by atoms with Crippen LogP contribution in [0.1, 0.15) is 51.0 Å². The molecule has 5 rings (SSSR count). The first kappa shape index (κ1) is 20.0. The van der Waals surface area contributed by atoms with Crippen LogP contribution in [0.25, 0.3) is 0 Å². The minimum Gasteiger partial charge on any atom is -0.359 e. The fourth-order valence-corrected chi connectivity index (χ4v) is 6.28. The molecule has 4 aliphatic rings. The molecule has 3 aliphatic heterocycles. The molecule has 0 aromatic heterocycles. The third-order valence-corrected chi connectivity index (χ3v) is 7.88. The molecule has 30 heavy (non-hydrogen) atoms. The monoisotopic (exact) mass is 408 g/mol. The molecule has 1 amide bonds. The molecule has 6 heteroatoms. The average molecular weight is 409 g/mol. The van der Waals surface area contributed by atoms with Gasteiger partial charge in [-0.2, -0.15) is 5.26 Å². The van der Waals surface area contributed by atoms with E-state index in [1.807, 2.05) is 23.1 Å². The lowest BCUT2D eigenvalue weighted by molar-refractivity contribution is -0.137. The topological polar surface area (TPSA) is 82.6 Å². The minimum absolute atomic E-state index is 0.0118. The van der Waals surface area contributed by atoms with Crippen LogP contribution in [0.2, 0.25) is 0 Å². The van der Waals surface area contributed by atoms with Gasteiger partial charge in [-0.3, -0.25) is 9.69 Å². The third kappa shape index (κ3) is 3.53. The zero-order chi connectivity index (χ0) is 20.8. The van der Waals surface area contributed by atoms with Gasteiger partial charge in [-0.05, 0) is 62.8 Å². The fourth-order valence-electron chi connectivity index (χ4n) is 6.28. The molecule has 3 saturated heterocycles. The van der Waals surface area contributed by atoms with Gasteiger partial charge in [-0.25, -0.2) is 0 Å². The van der Waals surface area contributed by atoms with Crippen molar-refractivity contribution in [3.8, 4) is 6.07 Å². The number of amides is 1. The zero-order valence-electron chi connectivity index (χ0n) is 17.7. The number of ether oxygens (including phenoxy) is 1. The lowest BCUT2D eigenvalue weighted by atomic mass is 9.84. The molecule has 1 aromatic carbocycles. The first-order valence-electron chi connectivity index (χ1n) is 11.5. The SMILES string of the molecule is C[C@H](OCc1ccccc1)N1[C@H]2CC[C@H]1CC([C@H](N)C(=O)N1[C@H](C#N)C[C@@H]3C[C@@H]31)C2. The second-order valence-corrected chi connectivity index (χ2v) is 9.67. The predicted molar refractivity (Wildman–Crippen MR) is 113 cm³/mol. The van der Waals surface area contributed by atoms with Crippen molar-refractivity contribution >= 4 is 5.91 Å². The number of carbonyl (C=O) groups is 1.